The van der Waals surface area contributed by atoms with Gasteiger partial charge >= 0.3 is 0 Å². The lowest BCUT2D eigenvalue weighted by atomic mass is 10.1. The van der Waals surface area contributed by atoms with E-state index in [0.717, 1.165) is 196 Å². The van der Waals surface area contributed by atoms with Crippen molar-refractivity contribution in [1.82, 2.24) is 4.90 Å². The van der Waals surface area contributed by atoms with Crippen LogP contribution in [0.5, 0.6) is 0 Å². The van der Waals surface area contributed by atoms with Crippen LogP contribution in [-0.2, 0) is 182 Å². The Bertz CT molecular complexity index is 1920. The SMILES string of the molecule is CC=O.CC=O.CCCCCCCCCN(CCC=O)CCC=O.O=CCCC=O.O=CCCC=O.O=CCCC=O.O=CCCC=O.O=CCCC=O.O=CCCC=O.O=CCCC=O.O=CCCC=O.O=CCCC=O.O=CCCC=O.O=CCCCOCCOCCOCCOCCOCCOCCO.O=CCCCOCCOCCOCCOCCOCCOCCO. The highest BCUT2D eigenvalue weighted by Gasteiger charge is 2.04. The number of hydrogen-bond acceptors (Lipinski definition) is 41. The summed E-state index contributed by atoms with van der Waals surface area (Å²) in [5.74, 6) is 0. The van der Waals surface area contributed by atoms with Gasteiger partial charge in [0, 0.05) is 180 Å². The van der Waals surface area contributed by atoms with E-state index in [1.807, 2.05) is 0 Å². The molecule has 0 aliphatic carbocycles. The summed E-state index contributed by atoms with van der Waals surface area (Å²) >= 11 is 0. The highest BCUT2D eigenvalue weighted by molar-refractivity contribution is 5.62. The van der Waals surface area contributed by atoms with Gasteiger partial charge < -0.3 is 197 Å². The Balaban J connectivity index is -0.0000000903. The van der Waals surface area contributed by atoms with E-state index in [-0.39, 0.29) is 13.2 Å². The van der Waals surface area contributed by atoms with Gasteiger partial charge in [0.05, 0.1) is 159 Å². The lowest BCUT2D eigenvalue weighted by molar-refractivity contribution is -0.112. The fourth-order valence-corrected chi connectivity index (χ4v) is 6.53. The van der Waals surface area contributed by atoms with Gasteiger partial charge in [0.2, 0.25) is 0 Å². The predicted molar refractivity (Wildman–Crippen MR) is 487 cm³/mol. The number of aliphatic hydroxyl groups excluding tert-OH is 2. The Morgan fingerprint density at radius 3 is 0.424 bits per heavy atom. The third-order valence-electron chi connectivity index (χ3n) is 12.6. The molecule has 0 unspecified atom stereocenters. The Kier molecular flexibility index (Phi) is 240. The van der Waals surface area contributed by atoms with E-state index in [9.17, 15) is 115 Å². The minimum absolute atomic E-state index is 0.0322. The van der Waals surface area contributed by atoms with Crippen LogP contribution >= 0.6 is 0 Å². The van der Waals surface area contributed by atoms with Crippen LogP contribution in [0.2, 0.25) is 0 Å². The van der Waals surface area contributed by atoms with E-state index in [4.69, 9.17) is 76.6 Å². The molecule has 0 saturated heterocycles. The summed E-state index contributed by atoms with van der Waals surface area (Å²) in [6.07, 6.45) is 40.0. The van der Waals surface area contributed by atoms with Gasteiger partial charge in [-0.05, 0) is 39.7 Å². The fourth-order valence-electron chi connectivity index (χ4n) is 6.53. The van der Waals surface area contributed by atoms with Crippen LogP contribution in [0.4, 0.5) is 0 Å². The zero-order valence-corrected chi connectivity index (χ0v) is 78.7. The molecule has 0 fully saturated rings. The minimum atomic E-state index is 0.0322. The molecule has 0 aromatic heterocycles. The molecule has 0 heterocycles. The molecule has 0 radical (unpaired) electrons. The van der Waals surface area contributed by atoms with Crippen LogP contribution in [-0.4, -0.2) is 370 Å². The summed E-state index contributed by atoms with van der Waals surface area (Å²) in [7, 11) is 0. The molecule has 0 amide bonds. The Morgan fingerprint density at radius 1 is 0.159 bits per heavy atom. The zero-order valence-electron chi connectivity index (χ0n) is 78.7. The van der Waals surface area contributed by atoms with Crippen molar-refractivity contribution in [3.05, 3.63) is 0 Å². The summed E-state index contributed by atoms with van der Waals surface area (Å²) in [4.78, 5) is 249. The van der Waals surface area contributed by atoms with Crippen LogP contribution in [0.15, 0.2) is 0 Å². The summed E-state index contributed by atoms with van der Waals surface area (Å²) in [6, 6.07) is 0. The molecule has 0 bridgehead atoms. The number of hydrogen-bond donors (Lipinski definition) is 2. The van der Waals surface area contributed by atoms with Crippen LogP contribution in [0.3, 0.4) is 0 Å². The fraction of sp³-hybridized carbons (Fsp3) is 0.714. The van der Waals surface area contributed by atoms with Gasteiger partial charge in [0.25, 0.3) is 0 Å². The molecule has 0 atom stereocenters. The first-order valence-corrected chi connectivity index (χ1v) is 43.8. The van der Waals surface area contributed by atoms with Crippen molar-refractivity contribution < 1.29 is 192 Å². The van der Waals surface area contributed by atoms with E-state index in [1.165, 1.54) is 58.8 Å². The molecule has 0 aliphatic heterocycles. The quantitative estimate of drug-likeness (QED) is 0.0569. The number of unbranched alkanes of at least 4 members (excludes halogenated alkanes) is 18. The second-order valence-corrected chi connectivity index (χ2v) is 23.9. The van der Waals surface area contributed by atoms with Crippen LogP contribution in [0.25, 0.3) is 0 Å². The first-order chi connectivity index (χ1) is 64.6. The number of carbonyl (C=O) groups excluding carboxylic acids is 26. The van der Waals surface area contributed by atoms with Crippen LogP contribution in [0.1, 0.15) is 233 Å². The number of carbonyl (C=O) groups is 26. The second kappa shape index (κ2) is 202. The number of rotatable bonds is 86. The molecule has 0 aromatic rings. The maximum Gasteiger partial charge on any atom is 0.121 e. The molecule has 41 heteroatoms. The molecule has 0 rings (SSSR count). The number of aliphatic hydroxyl groups is 2. The number of nitrogens with zero attached hydrogens (tertiary/aromatic N) is 1. The summed E-state index contributed by atoms with van der Waals surface area (Å²) < 4.78 is 63.2. The van der Waals surface area contributed by atoms with Crippen molar-refractivity contribution in [2.24, 2.45) is 0 Å². The normalized spacial score (nSPS) is 9.02. The molecule has 0 aliphatic rings. The van der Waals surface area contributed by atoms with E-state index in [2.05, 4.69) is 11.8 Å². The molecule has 0 saturated carbocycles. The first kappa shape index (κ1) is 157. The smallest absolute Gasteiger partial charge is 0.121 e. The highest BCUT2D eigenvalue weighted by atomic mass is 16.6. The minimum Gasteiger partial charge on any atom is -0.394 e. The molecule has 770 valence electrons. The highest BCUT2D eigenvalue weighted by Crippen LogP contribution is 2.08. The zero-order chi connectivity index (χ0) is 102. The van der Waals surface area contributed by atoms with E-state index < -0.39 is 0 Å². The van der Waals surface area contributed by atoms with Gasteiger partial charge in [-0.2, -0.15) is 0 Å². The second-order valence-electron chi connectivity index (χ2n) is 23.9. The number of aldehydes is 26. The lowest BCUT2D eigenvalue weighted by Gasteiger charge is -2.20. The third-order valence-corrected chi connectivity index (χ3v) is 12.6. The summed E-state index contributed by atoms with van der Waals surface area (Å²) in [6.45, 7) is 20.0. The van der Waals surface area contributed by atoms with Crippen molar-refractivity contribution in [3.8, 4) is 0 Å². The largest absolute Gasteiger partial charge is 0.394 e. The van der Waals surface area contributed by atoms with Crippen molar-refractivity contribution in [3.63, 3.8) is 0 Å². The molecule has 41 nitrogen and oxygen atoms in total. The average Bonchev–Trinajstić information content (AvgIpc) is 1.00. The Morgan fingerprint density at radius 2 is 0.288 bits per heavy atom. The van der Waals surface area contributed by atoms with Gasteiger partial charge in [0.15, 0.2) is 0 Å². The van der Waals surface area contributed by atoms with E-state index in [0.29, 0.717) is 313 Å². The van der Waals surface area contributed by atoms with Gasteiger partial charge in [-0.15, -0.1) is 0 Å². The third kappa shape index (κ3) is 272. The standard InChI is InChI=1S/2C16H32O8.C15H29NO2.10C4H6O2.2C2H4O/c2*17-3-1-2-5-19-7-9-21-11-13-23-15-16-24-14-12-22-10-8-20-6-4-18;1-2-3-4-5-6-7-8-11-16(12-9-14-17)13-10-15-18;10*5-3-1-2-4-6;2*1-2-3/h2*3,18H,1-2,4-16H2;14-15H,2-13H2,1H3;10*3-4H,1-2H2;2*2H,1H3. The van der Waals surface area contributed by atoms with Crippen LogP contribution in [0, 0.1) is 0 Å². The van der Waals surface area contributed by atoms with Crippen molar-refractivity contribution >= 4 is 163 Å². The van der Waals surface area contributed by atoms with E-state index >= 15 is 0 Å². The summed E-state index contributed by atoms with van der Waals surface area (Å²) in [5, 5.41) is 17.0. The predicted octanol–water partition coefficient (Wildman–Crippen LogP) is 5.39. The monoisotopic (exact) mass is 1910 g/mol. The summed E-state index contributed by atoms with van der Waals surface area (Å²) in [5.41, 5.74) is 0. The van der Waals surface area contributed by atoms with E-state index in [1.54, 1.807) is 0 Å². The Labute approximate surface area is 781 Å². The molecule has 2 N–H and O–H groups in total. The van der Waals surface area contributed by atoms with Gasteiger partial charge in [-0.25, -0.2) is 0 Å². The maximum atomic E-state index is 10.4. The topological polar surface area (TPSA) is 598 Å². The molecule has 0 aromatic carbocycles. The van der Waals surface area contributed by atoms with Crippen LogP contribution < -0.4 is 0 Å². The van der Waals surface area contributed by atoms with Gasteiger partial charge in [0.1, 0.15) is 163 Å². The average molecular weight is 1910 g/mol. The Hall–Kier alpha value is -9.18. The van der Waals surface area contributed by atoms with Crippen molar-refractivity contribution in [2.45, 2.75) is 233 Å². The molecule has 132 heavy (non-hydrogen) atoms. The first-order valence-electron chi connectivity index (χ1n) is 43.8. The van der Waals surface area contributed by atoms with Gasteiger partial charge in [-0.1, -0.05) is 45.4 Å². The molecular formula is C91H161NO40. The van der Waals surface area contributed by atoms with Gasteiger partial charge in [-0.3, -0.25) is 0 Å². The van der Waals surface area contributed by atoms with Crippen molar-refractivity contribution in [1.29, 1.82) is 0 Å². The lowest BCUT2D eigenvalue weighted by Crippen LogP contribution is -2.27. The van der Waals surface area contributed by atoms with Crippen molar-refractivity contribution in [2.75, 3.05) is 191 Å². The number of ether oxygens (including phenoxy) is 12. The molecule has 0 spiro atoms. The molecular weight excluding hydrogens is 1750 g/mol. The maximum absolute atomic E-state index is 10.4.